The molecule has 21 nitrogen and oxygen atoms in total. The minimum absolute atomic E-state index is 0.0572. The number of aromatic amines is 1. The van der Waals surface area contributed by atoms with Crippen LogP contribution in [0.3, 0.4) is 0 Å². The molecule has 2 bridgehead atoms. The number of phenols is 2. The Morgan fingerprint density at radius 3 is 2.54 bits per heavy atom. The zero-order valence-electron chi connectivity index (χ0n) is 29.3. The first-order valence-electron chi connectivity index (χ1n) is 17.1. The summed E-state index contributed by atoms with van der Waals surface area (Å²) in [5, 5.41) is 62.7. The second-order valence-electron chi connectivity index (χ2n) is 13.9. The summed E-state index contributed by atoms with van der Waals surface area (Å²) in [6, 6.07) is 1.65. The number of benzene rings is 1. The average molecular weight is 833 g/mol. The number of nitrogens with one attached hydrogen (secondary N) is 3. The number of tetrazole rings is 1. The van der Waals surface area contributed by atoms with Crippen LogP contribution in [-0.4, -0.2) is 146 Å². The number of oxime groups is 1. The summed E-state index contributed by atoms with van der Waals surface area (Å²) in [6.07, 6.45) is 0.305. The Labute approximate surface area is 329 Å². The number of halogens is 1. The average Bonchev–Trinajstić information content (AvgIpc) is 3.86. The summed E-state index contributed by atoms with van der Waals surface area (Å²) in [4.78, 5) is 73.9. The zero-order chi connectivity index (χ0) is 40.1. The number of fused-ring (bicyclic) bond motifs is 3. The number of hydrogen-bond donors (Lipinski definition) is 8. The van der Waals surface area contributed by atoms with Crippen molar-refractivity contribution in [2.45, 2.75) is 67.7 Å². The number of carboxylic acid groups (broad SMARTS) is 2. The van der Waals surface area contributed by atoms with Gasteiger partial charge in [0.25, 0.3) is 17.7 Å². The molecule has 3 aromatic rings. The number of thiazole rings is 1. The largest absolute Gasteiger partial charge is 0.504 e. The van der Waals surface area contributed by atoms with Crippen LogP contribution in [0.4, 0.5) is 5.13 Å². The van der Waals surface area contributed by atoms with Crippen molar-refractivity contribution >= 4 is 80.9 Å². The number of aromatic nitrogens is 5. The lowest BCUT2D eigenvalue weighted by Gasteiger charge is -2.52. The highest BCUT2D eigenvalue weighted by Crippen LogP contribution is 2.47. The van der Waals surface area contributed by atoms with Gasteiger partial charge >= 0.3 is 11.9 Å². The number of piperidine rings is 1. The molecule has 9 N–H and O–H groups in total. The van der Waals surface area contributed by atoms with E-state index in [9.17, 15) is 39.3 Å². The van der Waals surface area contributed by atoms with E-state index in [2.05, 4.69) is 48.4 Å². The predicted octanol–water partition coefficient (Wildman–Crippen LogP) is 0.333. The number of aliphatic carboxylic acids is 2. The quantitative estimate of drug-likeness (QED) is 0.0378. The normalized spacial score (nSPS) is 26.2. The fourth-order valence-corrected chi connectivity index (χ4v) is 9.99. The number of amides is 3. The number of nitrogens with zero attached hydrogens (tertiary/aromatic N) is 7. The van der Waals surface area contributed by atoms with Gasteiger partial charge in [-0.25, -0.2) is 9.78 Å². The molecule has 2 aromatic heterocycles. The molecule has 4 aliphatic heterocycles. The number of phenolic OH excluding ortho intramolecular Hbond substituents is 2. The summed E-state index contributed by atoms with van der Waals surface area (Å²) in [5.41, 5.74) is 6.59. The van der Waals surface area contributed by atoms with Gasteiger partial charge in [-0.1, -0.05) is 16.8 Å². The van der Waals surface area contributed by atoms with Crippen molar-refractivity contribution in [3.63, 3.8) is 0 Å². The number of nitrogens with two attached hydrogens (primary N) is 1. The summed E-state index contributed by atoms with van der Waals surface area (Å²) in [5.74, 6) is -5.29. The molecular weight excluding hydrogens is 798 g/mol. The van der Waals surface area contributed by atoms with E-state index in [0.717, 1.165) is 29.8 Å². The van der Waals surface area contributed by atoms with Gasteiger partial charge in [-0.15, -0.1) is 33.3 Å². The van der Waals surface area contributed by atoms with Crippen LogP contribution < -0.4 is 16.4 Å². The molecule has 0 aliphatic carbocycles. The van der Waals surface area contributed by atoms with E-state index >= 15 is 0 Å². The van der Waals surface area contributed by atoms with Gasteiger partial charge in [-0.3, -0.25) is 24.1 Å². The molecule has 7 atom stereocenters. The standard InChI is InChI=1S/C32H34ClN11O10S2/c1-44(14-2-3-15(44)7-13(6-14)35-27(49)16-4-5-18(45)25(48)21(16)33)9-12-10-55-30-23(29(51)43(30)24(12)26-38-41-42-39-26)37-28(50)22(17-11-56-32(34)36-17)40-54-19(31(52)53)8-20(46)47/h4-5,11,13-15,19,23,30H,2-3,6-10H2,1H3,(H8-,34,35,36,37,38,39,40,41,42,45,46,47,48,49,50,52,53)/p+1/t13?,14-,15+,19-,23+,30+,44?/m0/s1. The van der Waals surface area contributed by atoms with E-state index < -0.39 is 70.8 Å². The second kappa shape index (κ2) is 15.2. The number of β-lactam (4-membered cyclic amide) rings is 1. The molecule has 1 aromatic carbocycles. The molecule has 0 spiro atoms. The molecule has 7 rings (SSSR count). The molecule has 296 valence electrons. The van der Waals surface area contributed by atoms with E-state index in [-0.39, 0.29) is 45.4 Å². The first kappa shape index (κ1) is 38.7. The maximum atomic E-state index is 13.9. The molecule has 3 amide bonds. The number of likely N-dealkylation sites (N-methyl/N-ethyl adjacent to an activating group) is 1. The number of H-pyrrole nitrogens is 1. The van der Waals surface area contributed by atoms with Crippen LogP contribution in [-0.2, 0) is 24.0 Å². The Balaban J connectivity index is 1.08. The van der Waals surface area contributed by atoms with Gasteiger partial charge in [0.05, 0.1) is 41.8 Å². The van der Waals surface area contributed by atoms with Gasteiger partial charge in [0.2, 0.25) is 11.9 Å². The van der Waals surface area contributed by atoms with Gasteiger partial charge in [0.1, 0.15) is 23.7 Å². The molecule has 0 radical (unpaired) electrons. The maximum absolute atomic E-state index is 13.9. The first-order chi connectivity index (χ1) is 26.7. The lowest BCUT2D eigenvalue weighted by molar-refractivity contribution is -0.944. The van der Waals surface area contributed by atoms with Crippen molar-refractivity contribution in [1.82, 2.24) is 41.1 Å². The highest BCUT2D eigenvalue weighted by atomic mass is 35.5. The molecule has 24 heteroatoms. The third kappa shape index (κ3) is 7.17. The van der Waals surface area contributed by atoms with Crippen LogP contribution in [0.5, 0.6) is 11.5 Å². The molecule has 2 unspecified atom stereocenters. The second-order valence-corrected chi connectivity index (χ2v) is 16.3. The van der Waals surface area contributed by atoms with E-state index in [0.29, 0.717) is 35.3 Å². The predicted molar refractivity (Wildman–Crippen MR) is 197 cm³/mol. The smallest absolute Gasteiger partial charge is 0.348 e. The Morgan fingerprint density at radius 2 is 1.91 bits per heavy atom. The fraction of sp³-hybridized carbons (Fsp3) is 0.438. The van der Waals surface area contributed by atoms with Crippen molar-refractivity contribution in [2.75, 3.05) is 25.1 Å². The number of quaternary nitrogens is 1. The third-order valence-corrected chi connectivity index (χ3v) is 13.0. The number of carboxylic acids is 2. The van der Waals surface area contributed by atoms with Crippen LogP contribution in [0, 0.1) is 0 Å². The number of rotatable bonds is 13. The topological polar surface area (TPSA) is 309 Å². The van der Waals surface area contributed by atoms with Gasteiger partial charge in [-0.05, 0) is 17.3 Å². The molecule has 3 fully saturated rings. The van der Waals surface area contributed by atoms with E-state index in [1.807, 2.05) is 0 Å². The number of aromatic hydroxyl groups is 2. The Hall–Kier alpha value is -5.52. The van der Waals surface area contributed by atoms with E-state index in [4.69, 9.17) is 27.3 Å². The third-order valence-electron chi connectivity index (χ3n) is 10.6. The van der Waals surface area contributed by atoms with E-state index in [1.165, 1.54) is 34.2 Å². The van der Waals surface area contributed by atoms with E-state index in [1.54, 1.807) is 0 Å². The molecule has 3 saturated heterocycles. The van der Waals surface area contributed by atoms with Crippen LogP contribution in [0.25, 0.3) is 5.70 Å². The maximum Gasteiger partial charge on any atom is 0.348 e. The summed E-state index contributed by atoms with van der Waals surface area (Å²) in [6.45, 7) is 0.540. The number of thioether (sulfide) groups is 1. The van der Waals surface area contributed by atoms with Crippen molar-refractivity contribution in [3.05, 3.63) is 45.2 Å². The molecular formula is C32H35ClN11O10S2+. The number of nitrogen functional groups attached to an aromatic ring is 1. The Morgan fingerprint density at radius 1 is 1.18 bits per heavy atom. The number of carbonyl (C=O) groups excluding carboxylic acids is 3. The van der Waals surface area contributed by atoms with Crippen LogP contribution in [0.2, 0.25) is 5.02 Å². The van der Waals surface area contributed by atoms with Gasteiger partial charge < -0.3 is 46.1 Å². The molecule has 4 aliphatic rings. The van der Waals surface area contributed by atoms with Gasteiger partial charge in [0.15, 0.2) is 22.3 Å². The van der Waals surface area contributed by atoms with Crippen molar-refractivity contribution < 1.29 is 53.7 Å². The Kier molecular flexibility index (Phi) is 10.5. The Bertz CT molecular complexity index is 2150. The summed E-state index contributed by atoms with van der Waals surface area (Å²) < 4.78 is 0.646. The van der Waals surface area contributed by atoms with Gasteiger partial charge in [0, 0.05) is 48.4 Å². The van der Waals surface area contributed by atoms with Crippen molar-refractivity contribution in [2.24, 2.45) is 5.16 Å². The van der Waals surface area contributed by atoms with Crippen molar-refractivity contribution in [3.8, 4) is 11.5 Å². The first-order valence-corrected chi connectivity index (χ1v) is 19.4. The minimum Gasteiger partial charge on any atom is -0.504 e. The van der Waals surface area contributed by atoms with Gasteiger partial charge in [-0.2, -0.15) is 5.21 Å². The van der Waals surface area contributed by atoms with Crippen LogP contribution in [0.1, 0.15) is 54.0 Å². The monoisotopic (exact) mass is 832 g/mol. The fourth-order valence-electron chi connectivity index (χ4n) is 7.86. The number of hydrogen-bond acceptors (Lipinski definition) is 16. The van der Waals surface area contributed by atoms with Crippen LogP contribution >= 0.6 is 34.7 Å². The zero-order valence-corrected chi connectivity index (χ0v) is 31.7. The minimum atomic E-state index is -1.91. The summed E-state index contributed by atoms with van der Waals surface area (Å²) in [7, 11) is 2.16. The highest BCUT2D eigenvalue weighted by molar-refractivity contribution is 8.00. The number of anilines is 1. The van der Waals surface area contributed by atoms with Crippen LogP contribution in [0.15, 0.2) is 28.2 Å². The number of carbonyl (C=O) groups is 5. The highest BCUT2D eigenvalue weighted by Gasteiger charge is 2.57. The summed E-state index contributed by atoms with van der Waals surface area (Å²) >= 11 is 8.54. The molecule has 0 saturated carbocycles. The lowest BCUT2D eigenvalue weighted by atomic mass is 9.92. The van der Waals surface area contributed by atoms with Crippen molar-refractivity contribution in [1.29, 1.82) is 0 Å². The molecule has 56 heavy (non-hydrogen) atoms. The SMILES string of the molecule is C[N+]1(CC2=C(c3nn[nH]n3)N3C(=O)[C@@H](NC(=O)/C(=N\O[C@@H](CC(=O)O)C(=O)O)c4csc(N)n4)[C@H]3SC2)[C@@H]2CC[C@H]1CC(NC(=O)c1ccc(O)c(O)c1Cl)C2. The lowest BCUT2D eigenvalue weighted by Crippen LogP contribution is -2.70. The molecule has 6 heterocycles.